The molecule has 3 heteroatoms. The first-order chi connectivity index (χ1) is 8.09. The van der Waals surface area contributed by atoms with Crippen LogP contribution in [0.3, 0.4) is 0 Å². The van der Waals surface area contributed by atoms with Gasteiger partial charge < -0.3 is 10.1 Å². The third-order valence-corrected chi connectivity index (χ3v) is 5.31. The van der Waals surface area contributed by atoms with Gasteiger partial charge in [0.15, 0.2) is 0 Å². The summed E-state index contributed by atoms with van der Waals surface area (Å²) in [6.45, 7) is 5.35. The molecule has 1 aliphatic heterocycles. The molecule has 2 nitrogen and oxygen atoms in total. The number of nitrogens with one attached hydrogen (secondary N) is 1. The van der Waals surface area contributed by atoms with Gasteiger partial charge in [0.2, 0.25) is 0 Å². The van der Waals surface area contributed by atoms with Crippen molar-refractivity contribution in [3.63, 3.8) is 0 Å². The van der Waals surface area contributed by atoms with Crippen LogP contribution < -0.4 is 5.32 Å². The molecule has 0 spiro atoms. The first-order valence-corrected chi connectivity index (χ1v) is 8.31. The van der Waals surface area contributed by atoms with E-state index < -0.39 is 0 Å². The van der Waals surface area contributed by atoms with E-state index in [1.165, 1.54) is 32.1 Å². The van der Waals surface area contributed by atoms with Gasteiger partial charge in [0, 0.05) is 23.9 Å². The number of hydrogen-bond acceptors (Lipinski definition) is 3. The Morgan fingerprint density at radius 1 is 1.06 bits per heavy atom. The van der Waals surface area contributed by atoms with E-state index in [1.54, 1.807) is 0 Å². The molecule has 2 fully saturated rings. The van der Waals surface area contributed by atoms with Crippen LogP contribution in [0.25, 0.3) is 0 Å². The zero-order valence-electron chi connectivity index (χ0n) is 11.5. The van der Waals surface area contributed by atoms with Gasteiger partial charge in [-0.05, 0) is 58.6 Å². The highest BCUT2D eigenvalue weighted by atomic mass is 32.2. The van der Waals surface area contributed by atoms with Crippen molar-refractivity contribution in [2.45, 2.75) is 75.3 Å². The molecule has 0 aromatic rings. The summed E-state index contributed by atoms with van der Waals surface area (Å²) in [6, 6.07) is 1.44. The van der Waals surface area contributed by atoms with Crippen LogP contribution in [-0.4, -0.2) is 35.8 Å². The minimum atomic E-state index is 0.0758. The molecule has 1 heterocycles. The van der Waals surface area contributed by atoms with Gasteiger partial charge >= 0.3 is 0 Å². The van der Waals surface area contributed by atoms with Gasteiger partial charge in [-0.1, -0.05) is 0 Å². The maximum absolute atomic E-state index is 5.78. The van der Waals surface area contributed by atoms with Gasteiger partial charge in [-0.3, -0.25) is 0 Å². The Kier molecular flexibility index (Phi) is 4.79. The molecule has 0 aromatic heterocycles. The maximum Gasteiger partial charge on any atom is 0.0641 e. The molecule has 1 saturated heterocycles. The standard InChI is InChI=1S/C14H27NOS/c1-14(2)10-12(8-9-16-14)15-11-4-6-13(17-3)7-5-11/h11-13,15H,4-10H2,1-3H3. The molecule has 100 valence electrons. The Hall–Kier alpha value is 0.270. The van der Waals surface area contributed by atoms with Crippen molar-refractivity contribution in [2.24, 2.45) is 0 Å². The van der Waals surface area contributed by atoms with E-state index in [4.69, 9.17) is 4.74 Å². The molecule has 2 aliphatic rings. The number of hydrogen-bond donors (Lipinski definition) is 1. The summed E-state index contributed by atoms with van der Waals surface area (Å²) in [7, 11) is 0. The fraction of sp³-hybridized carbons (Fsp3) is 1.00. The second kappa shape index (κ2) is 5.94. The lowest BCUT2D eigenvalue weighted by atomic mass is 9.90. The Bertz CT molecular complexity index is 236. The topological polar surface area (TPSA) is 21.3 Å². The summed E-state index contributed by atoms with van der Waals surface area (Å²) >= 11 is 2.05. The van der Waals surface area contributed by atoms with E-state index in [2.05, 4.69) is 25.4 Å². The van der Waals surface area contributed by atoms with Crippen LogP contribution in [-0.2, 0) is 4.74 Å². The summed E-state index contributed by atoms with van der Waals surface area (Å²) in [5.41, 5.74) is 0.0758. The Morgan fingerprint density at radius 3 is 2.35 bits per heavy atom. The van der Waals surface area contributed by atoms with Crippen LogP contribution in [0.15, 0.2) is 0 Å². The minimum Gasteiger partial charge on any atom is -0.375 e. The van der Waals surface area contributed by atoms with Crippen LogP contribution in [0.4, 0.5) is 0 Å². The summed E-state index contributed by atoms with van der Waals surface area (Å²) in [4.78, 5) is 0. The Balaban J connectivity index is 1.74. The van der Waals surface area contributed by atoms with E-state index in [9.17, 15) is 0 Å². The minimum absolute atomic E-state index is 0.0758. The second-order valence-electron chi connectivity index (χ2n) is 6.17. The molecule has 1 N–H and O–H groups in total. The summed E-state index contributed by atoms with van der Waals surface area (Å²) < 4.78 is 5.78. The van der Waals surface area contributed by atoms with Gasteiger partial charge in [0.25, 0.3) is 0 Å². The highest BCUT2D eigenvalue weighted by Gasteiger charge is 2.30. The van der Waals surface area contributed by atoms with Gasteiger partial charge in [-0.15, -0.1) is 0 Å². The largest absolute Gasteiger partial charge is 0.375 e. The van der Waals surface area contributed by atoms with Gasteiger partial charge in [0.05, 0.1) is 5.60 Å². The first kappa shape index (κ1) is 13.7. The predicted octanol–water partition coefficient (Wildman–Crippen LogP) is 3.21. The van der Waals surface area contributed by atoms with Crippen molar-refractivity contribution in [3.8, 4) is 0 Å². The second-order valence-corrected chi connectivity index (χ2v) is 7.31. The van der Waals surface area contributed by atoms with E-state index in [-0.39, 0.29) is 5.60 Å². The zero-order chi connectivity index (χ0) is 12.3. The number of ether oxygens (including phenoxy) is 1. The molecule has 2 rings (SSSR count). The smallest absolute Gasteiger partial charge is 0.0641 e. The van der Waals surface area contributed by atoms with Gasteiger partial charge in [-0.25, -0.2) is 0 Å². The first-order valence-electron chi connectivity index (χ1n) is 7.02. The van der Waals surface area contributed by atoms with Crippen LogP contribution in [0.2, 0.25) is 0 Å². The third-order valence-electron chi connectivity index (χ3n) is 4.18. The highest BCUT2D eigenvalue weighted by Crippen LogP contribution is 2.29. The molecule has 17 heavy (non-hydrogen) atoms. The van der Waals surface area contributed by atoms with Crippen molar-refractivity contribution < 1.29 is 4.74 Å². The van der Waals surface area contributed by atoms with Crippen molar-refractivity contribution in [2.75, 3.05) is 12.9 Å². The van der Waals surface area contributed by atoms with Crippen LogP contribution in [0.5, 0.6) is 0 Å². The van der Waals surface area contributed by atoms with Crippen LogP contribution >= 0.6 is 11.8 Å². The molecule has 1 unspecified atom stereocenters. The van der Waals surface area contributed by atoms with Crippen molar-refractivity contribution in [1.82, 2.24) is 5.32 Å². The maximum atomic E-state index is 5.78. The average molecular weight is 257 g/mol. The highest BCUT2D eigenvalue weighted by molar-refractivity contribution is 7.99. The Morgan fingerprint density at radius 2 is 1.76 bits per heavy atom. The monoisotopic (exact) mass is 257 g/mol. The van der Waals surface area contributed by atoms with Crippen LogP contribution in [0, 0.1) is 0 Å². The lowest BCUT2D eigenvalue weighted by Gasteiger charge is -2.39. The molecular formula is C14H27NOS. The van der Waals surface area contributed by atoms with E-state index >= 15 is 0 Å². The van der Waals surface area contributed by atoms with Crippen molar-refractivity contribution in [1.29, 1.82) is 0 Å². The Labute approximate surface area is 110 Å². The quantitative estimate of drug-likeness (QED) is 0.839. The molecule has 0 amide bonds. The molecule has 1 aliphatic carbocycles. The molecule has 1 atom stereocenters. The molecule has 0 aromatic carbocycles. The predicted molar refractivity (Wildman–Crippen MR) is 75.7 cm³/mol. The van der Waals surface area contributed by atoms with Crippen molar-refractivity contribution >= 4 is 11.8 Å². The van der Waals surface area contributed by atoms with Gasteiger partial charge in [0.1, 0.15) is 0 Å². The fourth-order valence-electron chi connectivity index (χ4n) is 3.17. The number of rotatable bonds is 3. The van der Waals surface area contributed by atoms with Crippen molar-refractivity contribution in [3.05, 3.63) is 0 Å². The molecule has 0 bridgehead atoms. The molecular weight excluding hydrogens is 230 g/mol. The zero-order valence-corrected chi connectivity index (χ0v) is 12.3. The van der Waals surface area contributed by atoms with E-state index in [0.717, 1.165) is 24.3 Å². The fourth-order valence-corrected chi connectivity index (χ4v) is 3.92. The summed E-state index contributed by atoms with van der Waals surface area (Å²) in [5.74, 6) is 0. The SMILES string of the molecule is CSC1CCC(NC2CCOC(C)(C)C2)CC1. The van der Waals surface area contributed by atoms with E-state index in [0.29, 0.717) is 6.04 Å². The summed E-state index contributed by atoms with van der Waals surface area (Å²) in [5, 5.41) is 4.78. The number of thioether (sulfide) groups is 1. The summed E-state index contributed by atoms with van der Waals surface area (Å²) in [6.07, 6.45) is 10.1. The lowest BCUT2D eigenvalue weighted by molar-refractivity contribution is -0.0645. The molecule has 1 saturated carbocycles. The lowest BCUT2D eigenvalue weighted by Crippen LogP contribution is -2.48. The normalized spacial score (nSPS) is 37.9. The molecule has 0 radical (unpaired) electrons. The average Bonchev–Trinajstić information content (AvgIpc) is 2.29. The van der Waals surface area contributed by atoms with Crippen LogP contribution in [0.1, 0.15) is 52.4 Å². The van der Waals surface area contributed by atoms with E-state index in [1.807, 2.05) is 11.8 Å². The van der Waals surface area contributed by atoms with Gasteiger partial charge in [-0.2, -0.15) is 11.8 Å². The third kappa shape index (κ3) is 4.15.